The lowest BCUT2D eigenvalue weighted by molar-refractivity contribution is 0.598. The summed E-state index contributed by atoms with van der Waals surface area (Å²) in [6.07, 6.45) is 0. The van der Waals surface area contributed by atoms with E-state index in [1.165, 1.54) is 17.0 Å². The largest absolute Gasteiger partial charge is 0.376 e. The van der Waals surface area contributed by atoms with Crippen LogP contribution in [0.1, 0.15) is 28.5 Å². The highest BCUT2D eigenvalue weighted by molar-refractivity contribution is 9.10. The molecule has 0 saturated heterocycles. The van der Waals surface area contributed by atoms with Crippen molar-refractivity contribution in [2.75, 3.05) is 5.32 Å². The zero-order valence-electron chi connectivity index (χ0n) is 11.8. The molecule has 5 nitrogen and oxygen atoms in total. The van der Waals surface area contributed by atoms with E-state index in [0.717, 1.165) is 16.4 Å². The quantitative estimate of drug-likeness (QED) is 0.839. The maximum Gasteiger partial charge on any atom is 0.238 e. The number of rotatable bonds is 4. The number of sulfonamides is 1. The standard InChI is InChI=1S/C13H16BrN3O2S2/c1-7(13-8(2)20-9(3)17-13)16-12-5-4-10(6-11(12)14)21(15,18)19/h4-7,16H,1-3H3,(H2,15,18,19). The summed E-state index contributed by atoms with van der Waals surface area (Å²) in [5.41, 5.74) is 1.79. The summed E-state index contributed by atoms with van der Waals surface area (Å²) < 4.78 is 23.3. The molecule has 0 aliphatic carbocycles. The summed E-state index contributed by atoms with van der Waals surface area (Å²) in [5.74, 6) is 0. The first-order valence-electron chi connectivity index (χ1n) is 6.21. The van der Waals surface area contributed by atoms with Crippen molar-refractivity contribution < 1.29 is 8.42 Å². The summed E-state index contributed by atoms with van der Waals surface area (Å²) >= 11 is 5.02. The van der Waals surface area contributed by atoms with Gasteiger partial charge in [0, 0.05) is 15.0 Å². The van der Waals surface area contributed by atoms with E-state index in [9.17, 15) is 8.42 Å². The van der Waals surface area contributed by atoms with Crippen LogP contribution in [-0.2, 0) is 10.0 Å². The third-order valence-corrected chi connectivity index (χ3v) is 5.46. The molecule has 1 atom stereocenters. The average molecular weight is 390 g/mol. The highest BCUT2D eigenvalue weighted by atomic mass is 79.9. The second-order valence-corrected chi connectivity index (χ2v) is 8.55. The maximum absolute atomic E-state index is 11.3. The number of aromatic nitrogens is 1. The number of anilines is 1. The molecule has 0 aliphatic rings. The Morgan fingerprint density at radius 2 is 2.05 bits per heavy atom. The second-order valence-electron chi connectivity index (χ2n) is 4.73. The van der Waals surface area contributed by atoms with Crippen LogP contribution in [0.2, 0.25) is 0 Å². The van der Waals surface area contributed by atoms with Crippen LogP contribution >= 0.6 is 27.3 Å². The van der Waals surface area contributed by atoms with Gasteiger partial charge < -0.3 is 5.32 Å². The normalized spacial score (nSPS) is 13.2. The molecule has 0 saturated carbocycles. The average Bonchev–Trinajstić information content (AvgIpc) is 2.69. The molecule has 0 radical (unpaired) electrons. The molecule has 0 fully saturated rings. The Hall–Kier alpha value is -0.960. The molecular formula is C13H16BrN3O2S2. The highest BCUT2D eigenvalue weighted by Crippen LogP contribution is 2.30. The topological polar surface area (TPSA) is 85.1 Å². The fourth-order valence-electron chi connectivity index (χ4n) is 2.04. The van der Waals surface area contributed by atoms with Gasteiger partial charge in [-0.05, 0) is 54.9 Å². The van der Waals surface area contributed by atoms with Gasteiger partial charge in [0.15, 0.2) is 0 Å². The third-order valence-electron chi connectivity index (χ3n) is 2.99. The molecule has 21 heavy (non-hydrogen) atoms. The van der Waals surface area contributed by atoms with Gasteiger partial charge in [-0.1, -0.05) is 0 Å². The van der Waals surface area contributed by atoms with E-state index >= 15 is 0 Å². The number of halogens is 1. The van der Waals surface area contributed by atoms with E-state index in [-0.39, 0.29) is 10.9 Å². The number of aryl methyl sites for hydroxylation is 2. The fourth-order valence-corrected chi connectivity index (χ4v) is 4.14. The maximum atomic E-state index is 11.3. The Morgan fingerprint density at radius 3 is 2.52 bits per heavy atom. The van der Waals surface area contributed by atoms with E-state index in [1.54, 1.807) is 17.4 Å². The molecule has 2 rings (SSSR count). The van der Waals surface area contributed by atoms with Crippen molar-refractivity contribution in [1.29, 1.82) is 0 Å². The van der Waals surface area contributed by atoms with Crippen molar-refractivity contribution in [2.24, 2.45) is 5.14 Å². The Bertz CT molecular complexity index is 772. The molecular weight excluding hydrogens is 374 g/mol. The fraction of sp³-hybridized carbons (Fsp3) is 0.308. The minimum absolute atomic E-state index is 0.0200. The first kappa shape index (κ1) is 16.4. The zero-order valence-corrected chi connectivity index (χ0v) is 15.1. The first-order chi connectivity index (χ1) is 9.68. The lowest BCUT2D eigenvalue weighted by Crippen LogP contribution is -2.13. The molecule has 0 amide bonds. The Balaban J connectivity index is 2.26. The summed E-state index contributed by atoms with van der Waals surface area (Å²) in [5, 5.41) is 9.46. The lowest BCUT2D eigenvalue weighted by Gasteiger charge is -2.16. The van der Waals surface area contributed by atoms with Crippen LogP contribution < -0.4 is 10.5 Å². The molecule has 1 aromatic carbocycles. The van der Waals surface area contributed by atoms with Gasteiger partial charge in [0.05, 0.1) is 21.6 Å². The SMILES string of the molecule is Cc1nc(C(C)Nc2ccc(S(N)(=O)=O)cc2Br)c(C)s1. The molecule has 3 N–H and O–H groups in total. The highest BCUT2D eigenvalue weighted by Gasteiger charge is 2.15. The molecule has 0 spiro atoms. The summed E-state index contributed by atoms with van der Waals surface area (Å²) in [7, 11) is -3.69. The summed E-state index contributed by atoms with van der Waals surface area (Å²) in [6.45, 7) is 6.03. The molecule has 2 aromatic rings. The number of hydrogen-bond donors (Lipinski definition) is 2. The van der Waals surface area contributed by atoms with Crippen LogP contribution in [-0.4, -0.2) is 13.4 Å². The Labute approximate surface area is 136 Å². The van der Waals surface area contributed by atoms with Gasteiger partial charge in [-0.3, -0.25) is 0 Å². The van der Waals surface area contributed by atoms with E-state index in [4.69, 9.17) is 5.14 Å². The molecule has 0 bridgehead atoms. The Morgan fingerprint density at radius 1 is 1.38 bits per heavy atom. The van der Waals surface area contributed by atoms with Gasteiger partial charge in [-0.25, -0.2) is 18.5 Å². The van der Waals surface area contributed by atoms with Gasteiger partial charge in [0.1, 0.15) is 0 Å². The van der Waals surface area contributed by atoms with Crippen LogP contribution in [0.3, 0.4) is 0 Å². The smallest absolute Gasteiger partial charge is 0.238 e. The van der Waals surface area contributed by atoms with Crippen molar-refractivity contribution in [2.45, 2.75) is 31.7 Å². The predicted octanol–water partition coefficient (Wildman–Crippen LogP) is 3.34. The number of primary sulfonamides is 1. The zero-order chi connectivity index (χ0) is 15.8. The molecule has 1 aromatic heterocycles. The number of thiazole rings is 1. The van der Waals surface area contributed by atoms with Crippen molar-refractivity contribution in [1.82, 2.24) is 4.98 Å². The van der Waals surface area contributed by atoms with Gasteiger partial charge in [0.2, 0.25) is 10.0 Å². The summed E-state index contributed by atoms with van der Waals surface area (Å²) in [6, 6.07) is 4.68. The number of nitrogens with zero attached hydrogens (tertiary/aromatic N) is 1. The van der Waals surface area contributed by atoms with Crippen LogP contribution in [0.15, 0.2) is 27.6 Å². The molecule has 8 heteroatoms. The van der Waals surface area contributed by atoms with Crippen molar-refractivity contribution in [3.8, 4) is 0 Å². The van der Waals surface area contributed by atoms with E-state index in [2.05, 4.69) is 26.2 Å². The number of benzene rings is 1. The van der Waals surface area contributed by atoms with Crippen LogP contribution in [0.25, 0.3) is 0 Å². The second kappa shape index (κ2) is 6.04. The molecule has 1 heterocycles. The summed E-state index contributed by atoms with van der Waals surface area (Å²) in [4.78, 5) is 5.77. The van der Waals surface area contributed by atoms with Gasteiger partial charge in [-0.15, -0.1) is 11.3 Å². The lowest BCUT2D eigenvalue weighted by atomic mass is 10.2. The van der Waals surface area contributed by atoms with Crippen LogP contribution in [0.4, 0.5) is 5.69 Å². The van der Waals surface area contributed by atoms with Crippen LogP contribution in [0.5, 0.6) is 0 Å². The van der Waals surface area contributed by atoms with E-state index in [0.29, 0.717) is 4.47 Å². The number of hydrogen-bond acceptors (Lipinski definition) is 5. The minimum atomic E-state index is -3.69. The predicted molar refractivity (Wildman–Crippen MR) is 89.1 cm³/mol. The van der Waals surface area contributed by atoms with E-state index in [1.807, 2.05) is 20.8 Å². The molecule has 114 valence electrons. The Kier molecular flexibility index (Phi) is 4.72. The van der Waals surface area contributed by atoms with Crippen molar-refractivity contribution in [3.63, 3.8) is 0 Å². The van der Waals surface area contributed by atoms with Gasteiger partial charge in [0.25, 0.3) is 0 Å². The number of nitrogens with two attached hydrogens (primary N) is 1. The first-order valence-corrected chi connectivity index (χ1v) is 9.37. The molecule has 1 unspecified atom stereocenters. The minimum Gasteiger partial charge on any atom is -0.376 e. The van der Waals surface area contributed by atoms with Gasteiger partial charge >= 0.3 is 0 Å². The monoisotopic (exact) mass is 389 g/mol. The van der Waals surface area contributed by atoms with Crippen molar-refractivity contribution >= 4 is 43.0 Å². The van der Waals surface area contributed by atoms with Crippen molar-refractivity contribution in [3.05, 3.63) is 38.3 Å². The van der Waals surface area contributed by atoms with Crippen LogP contribution in [0, 0.1) is 13.8 Å². The molecule has 0 aliphatic heterocycles. The number of nitrogens with one attached hydrogen (secondary N) is 1. The van der Waals surface area contributed by atoms with E-state index < -0.39 is 10.0 Å². The third kappa shape index (κ3) is 3.82. The van der Waals surface area contributed by atoms with Gasteiger partial charge in [-0.2, -0.15) is 0 Å².